The van der Waals surface area contributed by atoms with E-state index in [1.54, 1.807) is 0 Å². The van der Waals surface area contributed by atoms with Gasteiger partial charge in [-0.15, -0.1) is 0 Å². The van der Waals surface area contributed by atoms with E-state index >= 15 is 0 Å². The van der Waals surface area contributed by atoms with Gasteiger partial charge in [0.25, 0.3) is 0 Å². The molecule has 2 aromatic carbocycles. The number of ether oxygens (including phenoxy) is 1. The highest BCUT2D eigenvalue weighted by Gasteiger charge is 2.16. The second-order valence-electron chi connectivity index (χ2n) is 5.36. The maximum absolute atomic E-state index is 6.35. The summed E-state index contributed by atoms with van der Waals surface area (Å²) in [5.74, 6) is 0.989. The highest BCUT2D eigenvalue weighted by Crippen LogP contribution is 2.27. The first-order valence-electron chi connectivity index (χ1n) is 7.26. The quantitative estimate of drug-likeness (QED) is 0.930. The minimum Gasteiger partial charge on any atom is -0.381 e. The fourth-order valence-electron chi connectivity index (χ4n) is 2.62. The predicted molar refractivity (Wildman–Crippen MR) is 87.2 cm³/mol. The number of thioether (sulfide) groups is 1. The van der Waals surface area contributed by atoms with E-state index in [4.69, 9.17) is 10.5 Å². The van der Waals surface area contributed by atoms with Crippen molar-refractivity contribution in [1.29, 1.82) is 0 Å². The Labute approximate surface area is 124 Å². The Bertz CT molecular complexity index is 566. The summed E-state index contributed by atoms with van der Waals surface area (Å²) in [5, 5.41) is 3.27. The highest BCUT2D eigenvalue weighted by atomic mass is 32.2. The van der Waals surface area contributed by atoms with Crippen LogP contribution >= 0.6 is 11.8 Å². The van der Waals surface area contributed by atoms with Crippen LogP contribution in [0.4, 0.5) is 0 Å². The van der Waals surface area contributed by atoms with Gasteiger partial charge in [0.2, 0.25) is 0 Å². The average molecular weight is 287 g/mol. The SMILES string of the molecule is NC(CSC1CCOCC1)c1ccc2ccccc2c1. The van der Waals surface area contributed by atoms with Gasteiger partial charge in [-0.05, 0) is 35.2 Å². The molecule has 0 spiro atoms. The molecule has 2 aromatic rings. The molecule has 1 atom stereocenters. The smallest absolute Gasteiger partial charge is 0.0476 e. The molecular weight excluding hydrogens is 266 g/mol. The monoisotopic (exact) mass is 287 g/mol. The first kappa shape index (κ1) is 13.9. The molecule has 106 valence electrons. The summed E-state index contributed by atoms with van der Waals surface area (Å²) in [4.78, 5) is 0. The third-order valence-electron chi connectivity index (χ3n) is 3.88. The molecular formula is C17H21NOS. The molecule has 1 saturated heterocycles. The molecule has 1 fully saturated rings. The van der Waals surface area contributed by atoms with Crippen molar-refractivity contribution in [3.63, 3.8) is 0 Å². The topological polar surface area (TPSA) is 35.2 Å². The molecule has 0 aliphatic carbocycles. The van der Waals surface area contributed by atoms with Crippen molar-refractivity contribution >= 4 is 22.5 Å². The van der Waals surface area contributed by atoms with Crippen molar-refractivity contribution < 1.29 is 4.74 Å². The third kappa shape index (κ3) is 3.35. The first-order chi connectivity index (χ1) is 9.83. The maximum Gasteiger partial charge on any atom is 0.0476 e. The molecule has 0 bridgehead atoms. The lowest BCUT2D eigenvalue weighted by Gasteiger charge is -2.23. The van der Waals surface area contributed by atoms with Gasteiger partial charge in [0, 0.05) is 30.3 Å². The van der Waals surface area contributed by atoms with Gasteiger partial charge in [-0.3, -0.25) is 0 Å². The lowest BCUT2D eigenvalue weighted by Crippen LogP contribution is -2.21. The van der Waals surface area contributed by atoms with Gasteiger partial charge in [0.05, 0.1) is 0 Å². The lowest BCUT2D eigenvalue weighted by atomic mass is 10.0. The van der Waals surface area contributed by atoms with Crippen LogP contribution in [0.1, 0.15) is 24.4 Å². The zero-order valence-electron chi connectivity index (χ0n) is 11.6. The molecule has 1 heterocycles. The summed E-state index contributed by atoms with van der Waals surface area (Å²) in [7, 11) is 0. The highest BCUT2D eigenvalue weighted by molar-refractivity contribution is 7.99. The fraction of sp³-hybridized carbons (Fsp3) is 0.412. The van der Waals surface area contributed by atoms with Gasteiger partial charge in [-0.2, -0.15) is 11.8 Å². The van der Waals surface area contributed by atoms with E-state index in [1.165, 1.54) is 16.3 Å². The van der Waals surface area contributed by atoms with E-state index in [0.29, 0.717) is 0 Å². The van der Waals surface area contributed by atoms with Crippen LogP contribution in [0.15, 0.2) is 42.5 Å². The molecule has 3 rings (SSSR count). The van der Waals surface area contributed by atoms with E-state index in [1.807, 2.05) is 11.8 Å². The van der Waals surface area contributed by atoms with Gasteiger partial charge < -0.3 is 10.5 Å². The van der Waals surface area contributed by atoms with Gasteiger partial charge in [0.1, 0.15) is 0 Å². The second-order valence-corrected chi connectivity index (χ2v) is 6.69. The minimum absolute atomic E-state index is 0.118. The molecule has 0 radical (unpaired) electrons. The van der Waals surface area contributed by atoms with E-state index in [0.717, 1.165) is 37.1 Å². The number of fused-ring (bicyclic) bond motifs is 1. The van der Waals surface area contributed by atoms with E-state index in [-0.39, 0.29) is 6.04 Å². The van der Waals surface area contributed by atoms with Crippen LogP contribution in [0.5, 0.6) is 0 Å². The van der Waals surface area contributed by atoms with Gasteiger partial charge >= 0.3 is 0 Å². The van der Waals surface area contributed by atoms with Gasteiger partial charge in [-0.1, -0.05) is 36.4 Å². The third-order valence-corrected chi connectivity index (χ3v) is 5.38. The number of hydrogen-bond donors (Lipinski definition) is 1. The van der Waals surface area contributed by atoms with Crippen LogP contribution in [-0.2, 0) is 4.74 Å². The van der Waals surface area contributed by atoms with E-state index < -0.39 is 0 Å². The predicted octanol–water partition coefficient (Wildman–Crippen LogP) is 3.75. The molecule has 1 unspecified atom stereocenters. The van der Waals surface area contributed by atoms with Crippen LogP contribution in [0.25, 0.3) is 10.8 Å². The van der Waals surface area contributed by atoms with Crippen molar-refractivity contribution in [2.45, 2.75) is 24.1 Å². The first-order valence-corrected chi connectivity index (χ1v) is 8.31. The fourth-order valence-corrected chi connectivity index (χ4v) is 3.81. The Morgan fingerprint density at radius 3 is 2.65 bits per heavy atom. The molecule has 2 nitrogen and oxygen atoms in total. The molecule has 0 aromatic heterocycles. The van der Waals surface area contributed by atoms with Crippen molar-refractivity contribution in [3.8, 4) is 0 Å². The van der Waals surface area contributed by atoms with Crippen LogP contribution < -0.4 is 5.73 Å². The number of benzene rings is 2. The Morgan fingerprint density at radius 2 is 1.85 bits per heavy atom. The Morgan fingerprint density at radius 1 is 1.10 bits per heavy atom. The molecule has 20 heavy (non-hydrogen) atoms. The number of rotatable bonds is 4. The number of hydrogen-bond acceptors (Lipinski definition) is 3. The van der Waals surface area contributed by atoms with E-state index in [9.17, 15) is 0 Å². The zero-order chi connectivity index (χ0) is 13.8. The van der Waals surface area contributed by atoms with Crippen molar-refractivity contribution in [1.82, 2.24) is 0 Å². The molecule has 1 aliphatic rings. The van der Waals surface area contributed by atoms with Crippen LogP contribution in [0.3, 0.4) is 0 Å². The summed E-state index contributed by atoms with van der Waals surface area (Å²) in [6, 6.07) is 15.1. The Kier molecular flexibility index (Phi) is 4.61. The molecule has 0 amide bonds. The number of nitrogens with two attached hydrogens (primary N) is 1. The minimum atomic E-state index is 0.118. The van der Waals surface area contributed by atoms with Crippen LogP contribution in [0, 0.1) is 0 Å². The summed E-state index contributed by atoms with van der Waals surface area (Å²) >= 11 is 2.00. The second kappa shape index (κ2) is 6.61. The standard InChI is InChI=1S/C17H21NOS/c18-17(12-20-16-7-9-19-10-8-16)15-6-5-13-3-1-2-4-14(13)11-15/h1-6,11,16-17H,7-10,12,18H2. The lowest BCUT2D eigenvalue weighted by molar-refractivity contribution is 0.1000. The molecule has 1 aliphatic heterocycles. The maximum atomic E-state index is 6.35. The summed E-state index contributed by atoms with van der Waals surface area (Å²) in [6.45, 7) is 1.81. The average Bonchev–Trinajstić information content (AvgIpc) is 2.53. The van der Waals surface area contributed by atoms with Crippen LogP contribution in [-0.4, -0.2) is 24.2 Å². The van der Waals surface area contributed by atoms with Crippen molar-refractivity contribution in [2.75, 3.05) is 19.0 Å². The zero-order valence-corrected chi connectivity index (χ0v) is 12.4. The largest absolute Gasteiger partial charge is 0.381 e. The molecule has 2 N–H and O–H groups in total. The Hall–Kier alpha value is -1.03. The normalized spacial score (nSPS) is 18.2. The summed E-state index contributed by atoms with van der Waals surface area (Å²) in [5.41, 5.74) is 7.59. The summed E-state index contributed by atoms with van der Waals surface area (Å²) < 4.78 is 5.39. The summed E-state index contributed by atoms with van der Waals surface area (Å²) in [6.07, 6.45) is 2.32. The van der Waals surface area contributed by atoms with Gasteiger partial charge in [0.15, 0.2) is 0 Å². The Balaban J connectivity index is 1.64. The van der Waals surface area contributed by atoms with Crippen molar-refractivity contribution in [3.05, 3.63) is 48.0 Å². The van der Waals surface area contributed by atoms with E-state index in [2.05, 4.69) is 42.5 Å². The molecule has 0 saturated carbocycles. The molecule has 3 heteroatoms. The van der Waals surface area contributed by atoms with Gasteiger partial charge in [-0.25, -0.2) is 0 Å². The van der Waals surface area contributed by atoms with Crippen molar-refractivity contribution in [2.24, 2.45) is 5.73 Å². The van der Waals surface area contributed by atoms with Crippen LogP contribution in [0.2, 0.25) is 0 Å².